The molecule has 1 amide bonds. The maximum atomic E-state index is 12.8. The summed E-state index contributed by atoms with van der Waals surface area (Å²) in [4.78, 5) is 17.5. The van der Waals surface area contributed by atoms with Crippen molar-refractivity contribution in [1.29, 1.82) is 0 Å². The molecule has 0 spiro atoms. The molecule has 0 aliphatic carbocycles. The Kier molecular flexibility index (Phi) is 4.94. The standard InChI is InChI=1S/C22H19ClN4O2/c1-13-19(22(28)25-17-8-10-18(29-3)11-9-17)12-27-21(24-13)20(14(2)26-27)15-4-6-16(23)7-5-15/h4-12H,1-3H3,(H,25,28). The number of fused-ring (bicyclic) bond motifs is 1. The molecule has 6 nitrogen and oxygen atoms in total. The van der Waals surface area contributed by atoms with Gasteiger partial charge < -0.3 is 10.1 Å². The quantitative estimate of drug-likeness (QED) is 0.522. The van der Waals surface area contributed by atoms with Gasteiger partial charge in [0.15, 0.2) is 5.65 Å². The highest BCUT2D eigenvalue weighted by atomic mass is 35.5. The third kappa shape index (κ3) is 3.67. The van der Waals surface area contributed by atoms with E-state index in [4.69, 9.17) is 16.3 Å². The molecule has 0 aliphatic rings. The second-order valence-corrected chi connectivity index (χ2v) is 7.09. The molecule has 2 heterocycles. The van der Waals surface area contributed by atoms with E-state index < -0.39 is 0 Å². The van der Waals surface area contributed by atoms with Crippen molar-refractivity contribution in [3.8, 4) is 16.9 Å². The van der Waals surface area contributed by atoms with Crippen LogP contribution in [0.4, 0.5) is 5.69 Å². The minimum absolute atomic E-state index is 0.247. The van der Waals surface area contributed by atoms with E-state index in [1.807, 2.05) is 38.1 Å². The normalized spacial score (nSPS) is 10.9. The van der Waals surface area contributed by atoms with Gasteiger partial charge in [0.05, 0.1) is 24.1 Å². The topological polar surface area (TPSA) is 68.5 Å². The minimum atomic E-state index is -0.247. The van der Waals surface area contributed by atoms with Crippen LogP contribution in [0.25, 0.3) is 16.8 Å². The number of carbonyl (C=O) groups is 1. The molecule has 4 rings (SSSR count). The van der Waals surface area contributed by atoms with E-state index in [2.05, 4.69) is 15.4 Å². The van der Waals surface area contributed by atoms with Crippen molar-refractivity contribution in [2.24, 2.45) is 0 Å². The Morgan fingerprint density at radius 3 is 2.38 bits per heavy atom. The molecule has 0 aliphatic heterocycles. The van der Waals surface area contributed by atoms with Gasteiger partial charge >= 0.3 is 0 Å². The lowest BCUT2D eigenvalue weighted by atomic mass is 10.1. The molecule has 0 saturated carbocycles. The van der Waals surface area contributed by atoms with Gasteiger partial charge in [-0.15, -0.1) is 0 Å². The molecule has 0 radical (unpaired) electrons. The number of nitrogens with one attached hydrogen (secondary N) is 1. The summed E-state index contributed by atoms with van der Waals surface area (Å²) in [6, 6.07) is 14.7. The van der Waals surface area contributed by atoms with Crippen molar-refractivity contribution in [3.63, 3.8) is 0 Å². The Hall–Kier alpha value is -3.38. The second-order valence-electron chi connectivity index (χ2n) is 6.66. The fraction of sp³-hybridized carbons (Fsp3) is 0.136. The number of nitrogens with zero attached hydrogens (tertiary/aromatic N) is 3. The zero-order valence-corrected chi connectivity index (χ0v) is 17.0. The smallest absolute Gasteiger partial charge is 0.259 e. The van der Waals surface area contributed by atoms with E-state index in [-0.39, 0.29) is 5.91 Å². The zero-order valence-electron chi connectivity index (χ0n) is 16.2. The van der Waals surface area contributed by atoms with Crippen LogP contribution in [0.5, 0.6) is 5.75 Å². The fourth-order valence-electron chi connectivity index (χ4n) is 3.22. The summed E-state index contributed by atoms with van der Waals surface area (Å²) < 4.78 is 6.79. The first-order chi connectivity index (χ1) is 14.0. The average molecular weight is 407 g/mol. The summed E-state index contributed by atoms with van der Waals surface area (Å²) >= 11 is 6.01. The van der Waals surface area contributed by atoms with Crippen molar-refractivity contribution in [2.45, 2.75) is 13.8 Å². The third-order valence-corrected chi connectivity index (χ3v) is 4.95. The molecule has 29 heavy (non-hydrogen) atoms. The van der Waals surface area contributed by atoms with Gasteiger partial charge in [-0.3, -0.25) is 4.79 Å². The number of hydrogen-bond acceptors (Lipinski definition) is 4. The zero-order chi connectivity index (χ0) is 20.5. The van der Waals surface area contributed by atoms with Crippen LogP contribution in [-0.4, -0.2) is 27.6 Å². The monoisotopic (exact) mass is 406 g/mol. The molecule has 2 aromatic heterocycles. The predicted molar refractivity (Wildman–Crippen MR) is 114 cm³/mol. The summed E-state index contributed by atoms with van der Waals surface area (Å²) in [6.45, 7) is 3.74. The largest absolute Gasteiger partial charge is 0.497 e. The number of ether oxygens (including phenoxy) is 1. The Labute approximate surface area is 173 Å². The number of carbonyl (C=O) groups excluding carboxylic acids is 1. The maximum Gasteiger partial charge on any atom is 0.259 e. The van der Waals surface area contributed by atoms with Crippen molar-refractivity contribution < 1.29 is 9.53 Å². The van der Waals surface area contributed by atoms with Gasteiger partial charge in [0, 0.05) is 22.5 Å². The molecule has 0 saturated heterocycles. The summed E-state index contributed by atoms with van der Waals surface area (Å²) in [5.41, 5.74) is 5.18. The van der Waals surface area contributed by atoms with E-state index in [0.717, 1.165) is 22.6 Å². The molecule has 7 heteroatoms. The summed E-state index contributed by atoms with van der Waals surface area (Å²) in [5, 5.41) is 8.11. The summed E-state index contributed by atoms with van der Waals surface area (Å²) in [5.74, 6) is 0.479. The molecule has 0 fully saturated rings. The Bertz CT molecular complexity index is 1200. The number of benzene rings is 2. The van der Waals surface area contributed by atoms with Gasteiger partial charge in [-0.2, -0.15) is 5.10 Å². The number of rotatable bonds is 4. The van der Waals surface area contributed by atoms with Crippen LogP contribution in [-0.2, 0) is 0 Å². The van der Waals surface area contributed by atoms with Gasteiger partial charge in [-0.25, -0.2) is 9.50 Å². The molecule has 0 bridgehead atoms. The van der Waals surface area contributed by atoms with E-state index in [1.165, 1.54) is 0 Å². The van der Waals surface area contributed by atoms with Crippen LogP contribution in [0.2, 0.25) is 5.02 Å². The molecular formula is C22H19ClN4O2. The molecular weight excluding hydrogens is 388 g/mol. The molecule has 4 aromatic rings. The average Bonchev–Trinajstić information content (AvgIpc) is 3.03. The number of hydrogen-bond donors (Lipinski definition) is 1. The number of aryl methyl sites for hydroxylation is 2. The van der Waals surface area contributed by atoms with Crippen LogP contribution in [0.15, 0.2) is 54.7 Å². The van der Waals surface area contributed by atoms with Gasteiger partial charge in [0.2, 0.25) is 0 Å². The second kappa shape index (κ2) is 7.56. The molecule has 0 unspecified atom stereocenters. The van der Waals surface area contributed by atoms with E-state index >= 15 is 0 Å². The highest BCUT2D eigenvalue weighted by Gasteiger charge is 2.18. The van der Waals surface area contributed by atoms with E-state index in [9.17, 15) is 4.79 Å². The number of amides is 1. The van der Waals surface area contributed by atoms with Crippen LogP contribution >= 0.6 is 11.6 Å². The number of methoxy groups -OCH3 is 1. The van der Waals surface area contributed by atoms with Crippen molar-refractivity contribution in [1.82, 2.24) is 14.6 Å². The Morgan fingerprint density at radius 2 is 1.72 bits per heavy atom. The van der Waals surface area contributed by atoms with Crippen LogP contribution in [0.1, 0.15) is 21.7 Å². The number of anilines is 1. The highest BCUT2D eigenvalue weighted by molar-refractivity contribution is 6.30. The van der Waals surface area contributed by atoms with E-state index in [0.29, 0.717) is 27.6 Å². The Morgan fingerprint density at radius 1 is 1.03 bits per heavy atom. The van der Waals surface area contributed by atoms with Crippen LogP contribution in [0.3, 0.4) is 0 Å². The lowest BCUT2D eigenvalue weighted by Gasteiger charge is -2.09. The number of aromatic nitrogens is 3. The summed E-state index contributed by atoms with van der Waals surface area (Å²) in [6.07, 6.45) is 1.71. The first-order valence-corrected chi connectivity index (χ1v) is 9.42. The maximum absolute atomic E-state index is 12.8. The van der Waals surface area contributed by atoms with E-state index in [1.54, 1.807) is 42.1 Å². The highest BCUT2D eigenvalue weighted by Crippen LogP contribution is 2.29. The van der Waals surface area contributed by atoms with Gasteiger partial charge in [-0.1, -0.05) is 23.7 Å². The van der Waals surface area contributed by atoms with Gasteiger partial charge in [-0.05, 0) is 55.8 Å². The summed E-state index contributed by atoms with van der Waals surface area (Å²) in [7, 11) is 1.60. The van der Waals surface area contributed by atoms with Crippen LogP contribution < -0.4 is 10.1 Å². The van der Waals surface area contributed by atoms with Gasteiger partial charge in [0.25, 0.3) is 5.91 Å². The van der Waals surface area contributed by atoms with Crippen molar-refractivity contribution in [2.75, 3.05) is 12.4 Å². The fourth-order valence-corrected chi connectivity index (χ4v) is 3.34. The SMILES string of the molecule is COc1ccc(NC(=O)c2cn3nc(C)c(-c4ccc(Cl)cc4)c3nc2C)cc1. The predicted octanol–water partition coefficient (Wildman–Crippen LogP) is 4.93. The first-order valence-electron chi connectivity index (χ1n) is 9.04. The van der Waals surface area contributed by atoms with Crippen molar-refractivity contribution in [3.05, 3.63) is 76.7 Å². The third-order valence-electron chi connectivity index (χ3n) is 4.70. The number of halogens is 1. The van der Waals surface area contributed by atoms with Gasteiger partial charge in [0.1, 0.15) is 5.75 Å². The van der Waals surface area contributed by atoms with Crippen LogP contribution in [0, 0.1) is 13.8 Å². The first kappa shape index (κ1) is 19.0. The molecule has 146 valence electrons. The molecule has 1 N–H and O–H groups in total. The Balaban J connectivity index is 1.70. The minimum Gasteiger partial charge on any atom is -0.497 e. The molecule has 0 atom stereocenters. The van der Waals surface area contributed by atoms with Crippen molar-refractivity contribution >= 4 is 28.8 Å². The lowest BCUT2D eigenvalue weighted by Crippen LogP contribution is -2.15. The molecule has 2 aromatic carbocycles. The lowest BCUT2D eigenvalue weighted by molar-refractivity contribution is 0.102.